The Kier molecular flexibility index (Phi) is 4.89. The number of likely N-dealkylation sites (tertiary alicyclic amines) is 1. The number of piperidine rings is 1. The summed E-state index contributed by atoms with van der Waals surface area (Å²) in [6.07, 6.45) is 11.1. The summed E-state index contributed by atoms with van der Waals surface area (Å²) in [5.41, 5.74) is 0. The van der Waals surface area contributed by atoms with Crippen molar-refractivity contribution in [3.05, 3.63) is 23.3 Å². The van der Waals surface area contributed by atoms with Gasteiger partial charge in [-0.2, -0.15) is 0 Å². The maximum Gasteiger partial charge on any atom is 0.0808 e. The summed E-state index contributed by atoms with van der Waals surface area (Å²) in [5, 5.41) is 0.894. The molecule has 1 fully saturated rings. The van der Waals surface area contributed by atoms with Crippen LogP contribution in [-0.2, 0) is 4.74 Å². The van der Waals surface area contributed by atoms with E-state index in [-0.39, 0.29) is 6.10 Å². The number of allylic oxidation sites excluding steroid dienone is 2. The SMILES string of the molecule is ClC1=CC=CC(OCCN2CCCCC2)C1. The summed E-state index contributed by atoms with van der Waals surface area (Å²) in [6.45, 7) is 4.36. The molecule has 0 amide bonds. The first-order chi connectivity index (χ1) is 7.84. The molecule has 1 aliphatic heterocycles. The van der Waals surface area contributed by atoms with Crippen LogP contribution < -0.4 is 0 Å². The Labute approximate surface area is 103 Å². The fraction of sp³-hybridized carbons (Fsp3) is 0.692. The predicted molar refractivity (Wildman–Crippen MR) is 67.7 cm³/mol. The van der Waals surface area contributed by atoms with Gasteiger partial charge in [-0.15, -0.1) is 0 Å². The number of halogens is 1. The lowest BCUT2D eigenvalue weighted by Crippen LogP contribution is -2.33. The van der Waals surface area contributed by atoms with Crippen LogP contribution in [0.3, 0.4) is 0 Å². The smallest absolute Gasteiger partial charge is 0.0808 e. The van der Waals surface area contributed by atoms with E-state index in [1.807, 2.05) is 12.2 Å². The molecule has 0 bridgehead atoms. The van der Waals surface area contributed by atoms with Gasteiger partial charge in [0.25, 0.3) is 0 Å². The van der Waals surface area contributed by atoms with Crippen LogP contribution in [0.2, 0.25) is 0 Å². The summed E-state index contributed by atoms with van der Waals surface area (Å²) >= 11 is 5.96. The maximum atomic E-state index is 5.96. The number of ether oxygens (including phenoxy) is 1. The molecule has 2 nitrogen and oxygen atoms in total. The Balaban J connectivity index is 1.61. The molecule has 2 rings (SSSR count). The fourth-order valence-electron chi connectivity index (χ4n) is 2.24. The first-order valence-electron chi connectivity index (χ1n) is 6.21. The minimum Gasteiger partial charge on any atom is -0.372 e. The Morgan fingerprint density at radius 1 is 1.31 bits per heavy atom. The second kappa shape index (κ2) is 6.43. The molecule has 0 spiro atoms. The molecule has 1 atom stereocenters. The van der Waals surface area contributed by atoms with Crippen molar-refractivity contribution in [1.82, 2.24) is 4.90 Å². The number of hydrogen-bond acceptors (Lipinski definition) is 2. The molecule has 90 valence electrons. The van der Waals surface area contributed by atoms with Crippen molar-refractivity contribution in [3.8, 4) is 0 Å². The van der Waals surface area contributed by atoms with Crippen molar-refractivity contribution < 1.29 is 4.74 Å². The van der Waals surface area contributed by atoms with Crippen molar-refractivity contribution in [3.63, 3.8) is 0 Å². The molecule has 0 aromatic carbocycles. The molecular weight excluding hydrogens is 222 g/mol. The van der Waals surface area contributed by atoms with Crippen molar-refractivity contribution in [2.24, 2.45) is 0 Å². The van der Waals surface area contributed by atoms with Gasteiger partial charge in [-0.3, -0.25) is 0 Å². The molecule has 0 N–H and O–H groups in total. The molecule has 0 aromatic heterocycles. The predicted octanol–water partition coefficient (Wildman–Crippen LogP) is 2.94. The second-order valence-electron chi connectivity index (χ2n) is 4.51. The van der Waals surface area contributed by atoms with Crippen molar-refractivity contribution in [1.29, 1.82) is 0 Å². The number of hydrogen-bond donors (Lipinski definition) is 0. The molecule has 0 aromatic rings. The molecule has 3 heteroatoms. The van der Waals surface area contributed by atoms with Crippen LogP contribution in [0.25, 0.3) is 0 Å². The fourth-order valence-corrected chi connectivity index (χ4v) is 2.47. The molecule has 1 saturated heterocycles. The summed E-state index contributed by atoms with van der Waals surface area (Å²) < 4.78 is 5.80. The molecule has 1 heterocycles. The van der Waals surface area contributed by atoms with E-state index in [2.05, 4.69) is 11.0 Å². The molecule has 0 saturated carbocycles. The van der Waals surface area contributed by atoms with Gasteiger partial charge in [-0.25, -0.2) is 0 Å². The molecule has 16 heavy (non-hydrogen) atoms. The largest absolute Gasteiger partial charge is 0.372 e. The van der Waals surface area contributed by atoms with Crippen LogP contribution in [0.4, 0.5) is 0 Å². The number of nitrogens with zero attached hydrogens (tertiary/aromatic N) is 1. The van der Waals surface area contributed by atoms with Crippen LogP contribution in [0.5, 0.6) is 0 Å². The number of rotatable bonds is 4. The van der Waals surface area contributed by atoms with Gasteiger partial charge in [-0.1, -0.05) is 30.2 Å². The Bertz CT molecular complexity index is 269. The van der Waals surface area contributed by atoms with Crippen molar-refractivity contribution in [2.45, 2.75) is 31.8 Å². The van der Waals surface area contributed by atoms with Crippen LogP contribution in [0, 0.1) is 0 Å². The summed E-state index contributed by atoms with van der Waals surface area (Å²) in [6, 6.07) is 0. The quantitative estimate of drug-likeness (QED) is 0.751. The lowest BCUT2D eigenvalue weighted by Gasteiger charge is -2.27. The van der Waals surface area contributed by atoms with Gasteiger partial charge in [-0.05, 0) is 32.0 Å². The first kappa shape index (κ1) is 12.2. The third-order valence-corrected chi connectivity index (χ3v) is 3.47. The highest BCUT2D eigenvalue weighted by Gasteiger charge is 2.12. The molecule has 0 radical (unpaired) electrons. The Morgan fingerprint density at radius 2 is 2.12 bits per heavy atom. The van der Waals surface area contributed by atoms with Gasteiger partial charge < -0.3 is 9.64 Å². The lowest BCUT2D eigenvalue weighted by molar-refractivity contribution is 0.0606. The zero-order valence-corrected chi connectivity index (χ0v) is 10.5. The normalized spacial score (nSPS) is 26.8. The van der Waals surface area contributed by atoms with Gasteiger partial charge in [0.15, 0.2) is 0 Å². The van der Waals surface area contributed by atoms with Gasteiger partial charge in [0.2, 0.25) is 0 Å². The third kappa shape index (κ3) is 3.93. The van der Waals surface area contributed by atoms with Crippen molar-refractivity contribution >= 4 is 11.6 Å². The second-order valence-corrected chi connectivity index (χ2v) is 5.00. The topological polar surface area (TPSA) is 12.5 Å². The van der Waals surface area contributed by atoms with E-state index in [9.17, 15) is 0 Å². The van der Waals surface area contributed by atoms with E-state index in [1.54, 1.807) is 0 Å². The molecule has 2 aliphatic rings. The Hall–Kier alpha value is -0.310. The minimum atomic E-state index is 0.183. The Morgan fingerprint density at radius 3 is 2.88 bits per heavy atom. The maximum absolute atomic E-state index is 5.96. The average Bonchev–Trinajstić information content (AvgIpc) is 2.30. The highest BCUT2D eigenvalue weighted by Crippen LogP contribution is 2.18. The molecule has 1 aliphatic carbocycles. The van der Waals surface area contributed by atoms with E-state index in [0.29, 0.717) is 0 Å². The van der Waals surface area contributed by atoms with Crippen LogP contribution in [0.15, 0.2) is 23.3 Å². The van der Waals surface area contributed by atoms with E-state index >= 15 is 0 Å². The summed E-state index contributed by atoms with van der Waals surface area (Å²) in [7, 11) is 0. The van der Waals surface area contributed by atoms with Gasteiger partial charge >= 0.3 is 0 Å². The minimum absolute atomic E-state index is 0.183. The highest BCUT2D eigenvalue weighted by atomic mass is 35.5. The van der Waals surface area contributed by atoms with Gasteiger partial charge in [0.05, 0.1) is 12.7 Å². The van der Waals surface area contributed by atoms with Gasteiger partial charge in [0, 0.05) is 18.0 Å². The first-order valence-corrected chi connectivity index (χ1v) is 6.59. The standard InChI is InChI=1S/C13H20ClNO/c14-12-5-4-6-13(11-12)16-10-9-15-7-2-1-3-8-15/h4-6,13H,1-3,7-11H2. The van der Waals surface area contributed by atoms with E-state index in [4.69, 9.17) is 16.3 Å². The van der Waals surface area contributed by atoms with E-state index in [0.717, 1.165) is 24.6 Å². The average molecular weight is 242 g/mol. The van der Waals surface area contributed by atoms with Crippen LogP contribution in [0.1, 0.15) is 25.7 Å². The van der Waals surface area contributed by atoms with E-state index < -0.39 is 0 Å². The highest BCUT2D eigenvalue weighted by molar-refractivity contribution is 6.29. The van der Waals surface area contributed by atoms with Crippen molar-refractivity contribution in [2.75, 3.05) is 26.2 Å². The molecular formula is C13H20ClNO. The lowest BCUT2D eigenvalue weighted by atomic mass is 10.1. The third-order valence-electron chi connectivity index (χ3n) is 3.19. The van der Waals surface area contributed by atoms with Gasteiger partial charge in [0.1, 0.15) is 0 Å². The zero-order valence-electron chi connectivity index (χ0n) is 9.70. The molecule has 1 unspecified atom stereocenters. The zero-order chi connectivity index (χ0) is 11.2. The van der Waals surface area contributed by atoms with Crippen LogP contribution >= 0.6 is 11.6 Å². The summed E-state index contributed by atoms with van der Waals surface area (Å²) in [5.74, 6) is 0. The van der Waals surface area contributed by atoms with Crippen LogP contribution in [-0.4, -0.2) is 37.2 Å². The van der Waals surface area contributed by atoms with E-state index in [1.165, 1.54) is 32.4 Å². The summed E-state index contributed by atoms with van der Waals surface area (Å²) in [4.78, 5) is 2.49. The monoisotopic (exact) mass is 241 g/mol.